The van der Waals surface area contributed by atoms with Crippen LogP contribution in [0.25, 0.3) is 0 Å². The Kier molecular flexibility index (Phi) is 4.75. The van der Waals surface area contributed by atoms with Gasteiger partial charge < -0.3 is 9.47 Å². The second-order valence-corrected chi connectivity index (χ2v) is 8.49. The molecule has 2 aromatic rings. The van der Waals surface area contributed by atoms with Gasteiger partial charge in [0.05, 0.1) is 0 Å². The first-order valence-electron chi connectivity index (χ1n) is 7.73. The Balaban J connectivity index is 1.74. The van der Waals surface area contributed by atoms with Crippen molar-refractivity contribution in [3.63, 3.8) is 0 Å². The van der Waals surface area contributed by atoms with Gasteiger partial charge in [-0.25, -0.2) is 18.5 Å². The van der Waals surface area contributed by atoms with Crippen LogP contribution in [0.2, 0.25) is 0 Å². The molecule has 0 spiro atoms. The molecular formula is C15H20N4O3S2. The summed E-state index contributed by atoms with van der Waals surface area (Å²) in [7, 11) is -3.88. The quantitative estimate of drug-likeness (QED) is 0.883. The van der Waals surface area contributed by atoms with Gasteiger partial charge in [0.15, 0.2) is 0 Å². The van der Waals surface area contributed by atoms with Crippen LogP contribution >= 0.6 is 11.3 Å². The van der Waals surface area contributed by atoms with E-state index in [2.05, 4.69) is 9.55 Å². The summed E-state index contributed by atoms with van der Waals surface area (Å²) in [5, 5.41) is 6.79. The van der Waals surface area contributed by atoms with Gasteiger partial charge in [0.1, 0.15) is 15.6 Å². The molecule has 0 saturated carbocycles. The lowest BCUT2D eigenvalue weighted by molar-refractivity contribution is 0.0663. The van der Waals surface area contributed by atoms with Crippen LogP contribution in [0.5, 0.6) is 0 Å². The van der Waals surface area contributed by atoms with Crippen molar-refractivity contribution in [2.75, 3.05) is 13.1 Å². The SMILES string of the molecule is Cc1nccn1CC1CCCN(C(=O)c2sccc2S(N)(=O)=O)C1. The van der Waals surface area contributed by atoms with E-state index in [0.717, 1.165) is 36.5 Å². The van der Waals surface area contributed by atoms with Crippen molar-refractivity contribution in [2.24, 2.45) is 11.1 Å². The number of nitrogens with zero attached hydrogens (tertiary/aromatic N) is 3. The number of primary sulfonamides is 1. The monoisotopic (exact) mass is 368 g/mol. The fraction of sp³-hybridized carbons (Fsp3) is 0.467. The molecule has 3 rings (SSSR count). The first-order valence-corrected chi connectivity index (χ1v) is 10.2. The highest BCUT2D eigenvalue weighted by molar-refractivity contribution is 7.89. The Labute approximate surface area is 145 Å². The molecule has 2 N–H and O–H groups in total. The average Bonchev–Trinajstić information content (AvgIpc) is 3.16. The van der Waals surface area contributed by atoms with Crippen molar-refractivity contribution < 1.29 is 13.2 Å². The molecule has 1 aliphatic heterocycles. The molecule has 9 heteroatoms. The third-order valence-corrected chi connectivity index (χ3v) is 6.30. The highest BCUT2D eigenvalue weighted by atomic mass is 32.2. The number of aryl methyl sites for hydroxylation is 1. The van der Waals surface area contributed by atoms with Crippen LogP contribution in [0.15, 0.2) is 28.7 Å². The summed E-state index contributed by atoms with van der Waals surface area (Å²) >= 11 is 1.12. The molecule has 0 aromatic carbocycles. The maximum Gasteiger partial charge on any atom is 0.265 e. The Bertz CT molecular complexity index is 841. The average molecular weight is 368 g/mol. The number of thiophene rings is 1. The molecule has 1 fully saturated rings. The Morgan fingerprint density at radius 1 is 1.50 bits per heavy atom. The number of imidazole rings is 1. The molecule has 1 saturated heterocycles. The lowest BCUT2D eigenvalue weighted by atomic mass is 9.97. The Morgan fingerprint density at radius 3 is 2.96 bits per heavy atom. The maximum atomic E-state index is 12.7. The molecule has 0 radical (unpaired) electrons. The summed E-state index contributed by atoms with van der Waals surface area (Å²) in [4.78, 5) is 18.8. The van der Waals surface area contributed by atoms with E-state index >= 15 is 0 Å². The molecule has 0 aliphatic carbocycles. The van der Waals surface area contributed by atoms with Crippen molar-refractivity contribution in [3.8, 4) is 0 Å². The number of nitrogens with two attached hydrogens (primary N) is 1. The Morgan fingerprint density at radius 2 is 2.29 bits per heavy atom. The van der Waals surface area contributed by atoms with Gasteiger partial charge in [-0.1, -0.05) is 0 Å². The predicted molar refractivity (Wildman–Crippen MR) is 91.3 cm³/mol. The second-order valence-electron chi connectivity index (χ2n) is 6.05. The number of amides is 1. The van der Waals surface area contributed by atoms with Crippen LogP contribution in [0.4, 0.5) is 0 Å². The van der Waals surface area contributed by atoms with E-state index in [1.165, 1.54) is 6.07 Å². The molecule has 0 bridgehead atoms. The van der Waals surface area contributed by atoms with Crippen molar-refractivity contribution in [2.45, 2.75) is 31.2 Å². The fourth-order valence-electron chi connectivity index (χ4n) is 3.09. The van der Waals surface area contributed by atoms with Gasteiger partial charge in [0.2, 0.25) is 10.0 Å². The van der Waals surface area contributed by atoms with Crippen LogP contribution < -0.4 is 5.14 Å². The summed E-state index contributed by atoms with van der Waals surface area (Å²) in [5.74, 6) is 1.03. The largest absolute Gasteiger partial charge is 0.338 e. The number of aromatic nitrogens is 2. The topological polar surface area (TPSA) is 98.3 Å². The van der Waals surface area contributed by atoms with Crippen LogP contribution in [0.1, 0.15) is 28.3 Å². The van der Waals surface area contributed by atoms with Gasteiger partial charge in [-0.15, -0.1) is 11.3 Å². The molecule has 130 valence electrons. The number of likely N-dealkylation sites (tertiary alicyclic amines) is 1. The van der Waals surface area contributed by atoms with Gasteiger partial charge in [-0.3, -0.25) is 4.79 Å². The molecule has 2 aromatic heterocycles. The normalized spacial score (nSPS) is 18.8. The highest BCUT2D eigenvalue weighted by Crippen LogP contribution is 2.26. The smallest absolute Gasteiger partial charge is 0.265 e. The van der Waals surface area contributed by atoms with Gasteiger partial charge in [0.25, 0.3) is 5.91 Å². The molecule has 24 heavy (non-hydrogen) atoms. The zero-order chi connectivity index (χ0) is 17.3. The summed E-state index contributed by atoms with van der Waals surface area (Å²) < 4.78 is 25.3. The summed E-state index contributed by atoms with van der Waals surface area (Å²) in [6.45, 7) is 4.01. The van der Waals surface area contributed by atoms with Crippen molar-refractivity contribution in [1.82, 2.24) is 14.5 Å². The molecule has 3 heterocycles. The number of rotatable bonds is 4. The predicted octanol–water partition coefficient (Wildman–Crippen LogP) is 1.45. The van der Waals surface area contributed by atoms with E-state index in [4.69, 9.17) is 5.14 Å². The van der Waals surface area contributed by atoms with Crippen LogP contribution in [-0.4, -0.2) is 41.9 Å². The van der Waals surface area contributed by atoms with Crippen molar-refractivity contribution in [1.29, 1.82) is 0 Å². The fourth-order valence-corrected chi connectivity index (χ4v) is 5.03. The number of carbonyl (C=O) groups excluding carboxylic acids is 1. The minimum Gasteiger partial charge on any atom is -0.338 e. The van der Waals surface area contributed by atoms with E-state index in [1.54, 1.807) is 16.5 Å². The maximum absolute atomic E-state index is 12.7. The molecule has 1 aliphatic rings. The van der Waals surface area contributed by atoms with Crippen LogP contribution in [0, 0.1) is 12.8 Å². The summed E-state index contributed by atoms with van der Waals surface area (Å²) in [6.07, 6.45) is 5.65. The lowest BCUT2D eigenvalue weighted by Crippen LogP contribution is -2.41. The van der Waals surface area contributed by atoms with Gasteiger partial charge in [-0.05, 0) is 37.1 Å². The van der Waals surface area contributed by atoms with E-state index in [0.29, 0.717) is 19.0 Å². The summed E-state index contributed by atoms with van der Waals surface area (Å²) in [5.41, 5.74) is 0. The van der Waals surface area contributed by atoms with Crippen LogP contribution in [0.3, 0.4) is 0 Å². The zero-order valence-corrected chi connectivity index (χ0v) is 15.0. The number of hydrogen-bond acceptors (Lipinski definition) is 5. The molecule has 1 atom stereocenters. The molecule has 7 nitrogen and oxygen atoms in total. The number of carbonyl (C=O) groups is 1. The van der Waals surface area contributed by atoms with Crippen molar-refractivity contribution in [3.05, 3.63) is 34.5 Å². The lowest BCUT2D eigenvalue weighted by Gasteiger charge is -2.33. The third-order valence-electron chi connectivity index (χ3n) is 4.31. The van der Waals surface area contributed by atoms with Crippen LogP contribution in [-0.2, 0) is 16.6 Å². The van der Waals surface area contributed by atoms with Gasteiger partial charge in [-0.2, -0.15) is 0 Å². The first-order chi connectivity index (χ1) is 11.4. The van der Waals surface area contributed by atoms with E-state index in [-0.39, 0.29) is 15.7 Å². The Hall–Kier alpha value is -1.71. The number of piperidine rings is 1. The van der Waals surface area contributed by atoms with E-state index < -0.39 is 10.0 Å². The minimum absolute atomic E-state index is 0.0786. The molecule has 1 amide bonds. The van der Waals surface area contributed by atoms with Crippen molar-refractivity contribution >= 4 is 27.3 Å². The van der Waals surface area contributed by atoms with E-state index in [1.807, 2.05) is 13.1 Å². The minimum atomic E-state index is -3.88. The number of sulfonamides is 1. The zero-order valence-electron chi connectivity index (χ0n) is 13.4. The van der Waals surface area contributed by atoms with Gasteiger partial charge >= 0.3 is 0 Å². The summed E-state index contributed by atoms with van der Waals surface area (Å²) in [6, 6.07) is 1.39. The standard InChI is InChI=1S/C15H20N4O3S2/c1-11-17-5-7-18(11)9-12-3-2-6-19(10-12)15(20)14-13(4-8-23-14)24(16,21)22/h4-5,7-8,12H,2-3,6,9-10H2,1H3,(H2,16,21,22). The van der Waals surface area contributed by atoms with Gasteiger partial charge in [0, 0.05) is 32.0 Å². The third kappa shape index (κ3) is 3.52. The van der Waals surface area contributed by atoms with E-state index in [9.17, 15) is 13.2 Å². The molecule has 1 unspecified atom stereocenters. The molecular weight excluding hydrogens is 348 g/mol. The number of hydrogen-bond donors (Lipinski definition) is 1. The second kappa shape index (κ2) is 6.66. The highest BCUT2D eigenvalue weighted by Gasteiger charge is 2.29. The first kappa shape index (κ1) is 17.1.